The fraction of sp³-hybridized carbons (Fsp3) is 0.242. The SMILES string of the molecule is COc1cc(OC)c2c(O)c3c(cc2c1)CC(C)(O)CC(=O)Oc1cc(O)c2c(c1-3)C(=O)c1cc(C)cc(OC)c1C2=O. The number of ether oxygens (including phenoxy) is 4. The molecule has 0 spiro atoms. The molecule has 4 aromatic rings. The van der Waals surface area contributed by atoms with Crippen molar-refractivity contribution in [3.05, 3.63) is 69.8 Å². The van der Waals surface area contributed by atoms with Crippen LogP contribution in [0.15, 0.2) is 36.4 Å². The number of methoxy groups -OCH3 is 3. The van der Waals surface area contributed by atoms with E-state index >= 15 is 0 Å². The van der Waals surface area contributed by atoms with Gasteiger partial charge < -0.3 is 34.3 Å². The lowest BCUT2D eigenvalue weighted by atomic mass is 9.77. The highest BCUT2D eigenvalue weighted by Crippen LogP contribution is 2.53. The van der Waals surface area contributed by atoms with E-state index in [9.17, 15) is 29.7 Å². The molecule has 3 N–H and O–H groups in total. The number of hydrogen-bond acceptors (Lipinski definition) is 10. The summed E-state index contributed by atoms with van der Waals surface area (Å²) in [6, 6.07) is 9.17. The molecule has 0 fully saturated rings. The van der Waals surface area contributed by atoms with Crippen molar-refractivity contribution in [1.29, 1.82) is 0 Å². The second kappa shape index (κ2) is 9.74. The molecule has 0 saturated heterocycles. The van der Waals surface area contributed by atoms with Crippen LogP contribution in [0.25, 0.3) is 21.9 Å². The molecule has 1 aliphatic heterocycles. The van der Waals surface area contributed by atoms with Crippen LogP contribution in [0.1, 0.15) is 56.3 Å². The van der Waals surface area contributed by atoms with Gasteiger partial charge in [-0.2, -0.15) is 0 Å². The van der Waals surface area contributed by atoms with Crippen molar-refractivity contribution in [2.45, 2.75) is 32.3 Å². The molecule has 10 heteroatoms. The van der Waals surface area contributed by atoms with E-state index in [0.717, 1.165) is 6.07 Å². The molecule has 0 radical (unpaired) electrons. The fourth-order valence-corrected chi connectivity index (χ4v) is 6.17. The van der Waals surface area contributed by atoms with Crippen LogP contribution in [0, 0.1) is 6.92 Å². The number of hydrogen-bond donors (Lipinski definition) is 3. The zero-order valence-electron chi connectivity index (χ0n) is 24.1. The Morgan fingerprint density at radius 3 is 2.16 bits per heavy atom. The standard InChI is InChI=1S/C33H28O10/c1-14-6-18-26(20(7-14)41-4)32(38)27-19(34)11-22-28(29(27)30(18)36)25-16(12-33(2,39)13-23(35)43-22)8-15-9-17(40-3)10-21(42-5)24(15)31(25)37/h6-11,34,37,39H,12-13H2,1-5H3. The van der Waals surface area contributed by atoms with Crippen molar-refractivity contribution < 1.29 is 48.7 Å². The van der Waals surface area contributed by atoms with E-state index in [1.165, 1.54) is 28.3 Å². The Labute approximate surface area is 246 Å². The van der Waals surface area contributed by atoms with Gasteiger partial charge in [0.25, 0.3) is 0 Å². The van der Waals surface area contributed by atoms with Crippen molar-refractivity contribution in [3.8, 4) is 45.6 Å². The molecule has 0 aromatic heterocycles. The number of phenols is 2. The van der Waals surface area contributed by atoms with Gasteiger partial charge in [0.05, 0.1) is 49.9 Å². The van der Waals surface area contributed by atoms with E-state index in [1.807, 2.05) is 0 Å². The maximum atomic E-state index is 14.4. The molecule has 0 amide bonds. The predicted octanol–water partition coefficient (Wildman–Crippen LogP) is 4.63. The number of rotatable bonds is 3. The predicted molar refractivity (Wildman–Crippen MR) is 155 cm³/mol. The number of phenolic OH excluding ortho intramolecular Hbond substituents is 2. The van der Waals surface area contributed by atoms with Crippen LogP contribution in [-0.4, -0.2) is 59.8 Å². The van der Waals surface area contributed by atoms with Crippen molar-refractivity contribution in [2.75, 3.05) is 21.3 Å². The number of fused-ring (bicyclic) bond motifs is 7. The molecule has 10 nitrogen and oxygen atoms in total. The molecule has 1 heterocycles. The third-order valence-electron chi connectivity index (χ3n) is 7.92. The maximum Gasteiger partial charge on any atom is 0.314 e. The minimum Gasteiger partial charge on any atom is -0.507 e. The van der Waals surface area contributed by atoms with E-state index in [4.69, 9.17) is 18.9 Å². The minimum atomic E-state index is -1.63. The highest BCUT2D eigenvalue weighted by molar-refractivity contribution is 6.33. The normalized spacial score (nSPS) is 17.5. The Morgan fingerprint density at radius 2 is 1.49 bits per heavy atom. The van der Waals surface area contributed by atoms with Crippen LogP contribution < -0.4 is 18.9 Å². The van der Waals surface area contributed by atoms with Crippen LogP contribution in [0.2, 0.25) is 0 Å². The van der Waals surface area contributed by atoms with Crippen LogP contribution in [0.4, 0.5) is 0 Å². The van der Waals surface area contributed by atoms with E-state index in [0.29, 0.717) is 22.3 Å². The van der Waals surface area contributed by atoms with Gasteiger partial charge in [0.2, 0.25) is 5.78 Å². The third-order valence-corrected chi connectivity index (χ3v) is 7.92. The summed E-state index contributed by atoms with van der Waals surface area (Å²) in [4.78, 5) is 41.4. The third kappa shape index (κ3) is 4.25. The van der Waals surface area contributed by atoms with Gasteiger partial charge in [0, 0.05) is 40.8 Å². The summed E-state index contributed by atoms with van der Waals surface area (Å²) in [6.45, 7) is 3.19. The Bertz CT molecular complexity index is 1920. The zero-order chi connectivity index (χ0) is 31.0. The molecular weight excluding hydrogens is 556 g/mol. The lowest BCUT2D eigenvalue weighted by Crippen LogP contribution is -2.32. The lowest BCUT2D eigenvalue weighted by Gasteiger charge is -2.26. The van der Waals surface area contributed by atoms with Gasteiger partial charge in [-0.25, -0.2) is 0 Å². The van der Waals surface area contributed by atoms with Crippen LogP contribution in [0.3, 0.4) is 0 Å². The van der Waals surface area contributed by atoms with Gasteiger partial charge in [-0.1, -0.05) is 0 Å². The average Bonchev–Trinajstić information content (AvgIpc) is 2.98. The first-order chi connectivity index (χ1) is 20.4. The second-order valence-electron chi connectivity index (χ2n) is 11.1. The molecule has 1 unspecified atom stereocenters. The van der Waals surface area contributed by atoms with Crippen LogP contribution >= 0.6 is 0 Å². The molecule has 43 heavy (non-hydrogen) atoms. The number of aliphatic hydroxyl groups is 1. The van der Waals surface area contributed by atoms with E-state index in [1.54, 1.807) is 37.3 Å². The van der Waals surface area contributed by atoms with Gasteiger partial charge in [-0.05, 0) is 54.6 Å². The van der Waals surface area contributed by atoms with Crippen molar-refractivity contribution in [1.82, 2.24) is 0 Å². The fourth-order valence-electron chi connectivity index (χ4n) is 6.17. The first kappa shape index (κ1) is 28.0. The second-order valence-corrected chi connectivity index (χ2v) is 11.1. The number of ketones is 2. The molecule has 220 valence electrons. The minimum absolute atomic E-state index is 0.0134. The highest BCUT2D eigenvalue weighted by Gasteiger charge is 2.41. The average molecular weight is 585 g/mol. The monoisotopic (exact) mass is 584 g/mol. The van der Waals surface area contributed by atoms with E-state index < -0.39 is 35.3 Å². The summed E-state index contributed by atoms with van der Waals surface area (Å²) in [5.41, 5.74) is -1.22. The number of aryl methyl sites for hydroxylation is 1. The highest BCUT2D eigenvalue weighted by atomic mass is 16.5. The summed E-state index contributed by atoms with van der Waals surface area (Å²) < 4.78 is 22.0. The maximum absolute atomic E-state index is 14.4. The summed E-state index contributed by atoms with van der Waals surface area (Å²) >= 11 is 0. The summed E-state index contributed by atoms with van der Waals surface area (Å²) in [6.07, 6.45) is -0.572. The van der Waals surface area contributed by atoms with Gasteiger partial charge in [-0.3, -0.25) is 14.4 Å². The van der Waals surface area contributed by atoms with Crippen molar-refractivity contribution >= 4 is 28.3 Å². The number of aromatic hydroxyl groups is 2. The zero-order valence-corrected chi connectivity index (χ0v) is 24.1. The Morgan fingerprint density at radius 1 is 0.767 bits per heavy atom. The van der Waals surface area contributed by atoms with Crippen LogP contribution in [-0.2, 0) is 11.2 Å². The summed E-state index contributed by atoms with van der Waals surface area (Å²) in [5, 5.41) is 35.1. The number of benzene rings is 4. The lowest BCUT2D eigenvalue weighted by molar-refractivity contribution is -0.139. The Kier molecular flexibility index (Phi) is 6.35. The molecule has 1 aliphatic carbocycles. The quantitative estimate of drug-likeness (QED) is 0.202. The van der Waals surface area contributed by atoms with Gasteiger partial charge in [-0.15, -0.1) is 0 Å². The molecule has 1 atom stereocenters. The molecule has 2 aliphatic rings. The molecule has 4 aromatic carbocycles. The van der Waals surface area contributed by atoms with E-state index in [2.05, 4.69) is 0 Å². The van der Waals surface area contributed by atoms with Crippen LogP contribution in [0.5, 0.6) is 34.5 Å². The largest absolute Gasteiger partial charge is 0.507 e. The van der Waals surface area contributed by atoms with Gasteiger partial charge >= 0.3 is 5.97 Å². The summed E-state index contributed by atoms with van der Waals surface area (Å²) in [5.74, 6) is -2.50. The summed E-state index contributed by atoms with van der Waals surface area (Å²) in [7, 11) is 4.28. The van der Waals surface area contributed by atoms with Gasteiger partial charge in [0.1, 0.15) is 34.5 Å². The Balaban J connectivity index is 1.80. The number of carbonyl (C=O) groups is 3. The van der Waals surface area contributed by atoms with E-state index in [-0.39, 0.29) is 68.2 Å². The number of carbonyl (C=O) groups excluding carboxylic acids is 3. The van der Waals surface area contributed by atoms with Crippen molar-refractivity contribution in [2.24, 2.45) is 0 Å². The topological polar surface area (TPSA) is 149 Å². The molecule has 6 rings (SSSR count). The van der Waals surface area contributed by atoms with Crippen molar-refractivity contribution in [3.63, 3.8) is 0 Å². The molecular formula is C33H28O10. The first-order valence-corrected chi connectivity index (χ1v) is 13.4. The smallest absolute Gasteiger partial charge is 0.314 e. The number of esters is 1. The first-order valence-electron chi connectivity index (χ1n) is 13.4. The Hall–Kier alpha value is -5.09. The molecule has 0 saturated carbocycles. The van der Waals surface area contributed by atoms with Gasteiger partial charge in [0.15, 0.2) is 5.78 Å². The molecule has 0 bridgehead atoms.